The number of rotatable bonds is 9. The first-order valence-corrected chi connectivity index (χ1v) is 6.85. The lowest BCUT2D eigenvalue weighted by Crippen LogP contribution is -2.36. The molecule has 0 aromatic heterocycles. The molecule has 106 valence electrons. The molecule has 0 heterocycles. The lowest BCUT2D eigenvalue weighted by atomic mass is 10.1. The van der Waals surface area contributed by atoms with E-state index in [1.54, 1.807) is 0 Å². The third-order valence-corrected chi connectivity index (χ3v) is 2.93. The molecule has 0 spiro atoms. The number of benzene rings is 1. The predicted octanol–water partition coefficient (Wildman–Crippen LogP) is 2.82. The standard InChI is InChI=1S/C15H23NO3/c1-3-5-6-14(15(17)18)16-11-12-7-9-13(10-8-12)19-4-2/h7-10,14,16H,3-6,11H2,1-2H3,(H,17,18). The van der Waals surface area contributed by atoms with E-state index in [0.717, 1.165) is 24.2 Å². The molecule has 1 aromatic carbocycles. The van der Waals surface area contributed by atoms with Crippen LogP contribution in [0.1, 0.15) is 38.7 Å². The fourth-order valence-corrected chi connectivity index (χ4v) is 1.83. The summed E-state index contributed by atoms with van der Waals surface area (Å²) in [6.07, 6.45) is 2.60. The summed E-state index contributed by atoms with van der Waals surface area (Å²) in [7, 11) is 0. The smallest absolute Gasteiger partial charge is 0.320 e. The maximum atomic E-state index is 11.1. The molecule has 1 unspecified atom stereocenters. The minimum absolute atomic E-state index is 0.466. The first-order valence-electron chi connectivity index (χ1n) is 6.85. The fraction of sp³-hybridized carbons (Fsp3) is 0.533. The van der Waals surface area contributed by atoms with Crippen LogP contribution in [0.25, 0.3) is 0 Å². The van der Waals surface area contributed by atoms with Gasteiger partial charge in [-0.3, -0.25) is 4.79 Å². The van der Waals surface area contributed by atoms with Crippen molar-refractivity contribution in [2.24, 2.45) is 0 Å². The lowest BCUT2D eigenvalue weighted by molar-refractivity contribution is -0.139. The van der Waals surface area contributed by atoms with Crippen molar-refractivity contribution in [3.63, 3.8) is 0 Å². The van der Waals surface area contributed by atoms with Gasteiger partial charge in [0, 0.05) is 6.54 Å². The van der Waals surface area contributed by atoms with Gasteiger partial charge in [-0.25, -0.2) is 0 Å². The Morgan fingerprint density at radius 2 is 2.00 bits per heavy atom. The summed E-state index contributed by atoms with van der Waals surface area (Å²) in [5, 5.41) is 12.2. The third-order valence-electron chi connectivity index (χ3n) is 2.93. The summed E-state index contributed by atoms with van der Waals surface area (Å²) in [4.78, 5) is 11.1. The second kappa shape index (κ2) is 8.53. The second-order valence-electron chi connectivity index (χ2n) is 4.49. The fourth-order valence-electron chi connectivity index (χ4n) is 1.83. The Kier molecular flexibility index (Phi) is 6.97. The molecule has 0 saturated carbocycles. The number of carbonyl (C=O) groups is 1. The molecule has 1 rings (SSSR count). The van der Waals surface area contributed by atoms with Gasteiger partial charge >= 0.3 is 5.97 Å². The van der Waals surface area contributed by atoms with Crippen molar-refractivity contribution in [1.29, 1.82) is 0 Å². The van der Waals surface area contributed by atoms with E-state index in [-0.39, 0.29) is 0 Å². The molecule has 0 amide bonds. The van der Waals surface area contributed by atoms with Gasteiger partial charge in [0.2, 0.25) is 0 Å². The molecule has 0 aliphatic carbocycles. The first-order chi connectivity index (χ1) is 9.17. The SMILES string of the molecule is CCCCC(NCc1ccc(OCC)cc1)C(=O)O. The number of carboxylic acid groups (broad SMARTS) is 1. The molecule has 0 saturated heterocycles. The van der Waals surface area contributed by atoms with Crippen LogP contribution in [0.3, 0.4) is 0 Å². The Hall–Kier alpha value is -1.55. The Morgan fingerprint density at radius 3 is 2.53 bits per heavy atom. The Morgan fingerprint density at radius 1 is 1.32 bits per heavy atom. The van der Waals surface area contributed by atoms with E-state index in [9.17, 15) is 4.79 Å². The molecule has 1 aromatic rings. The van der Waals surface area contributed by atoms with E-state index in [1.807, 2.05) is 31.2 Å². The zero-order valence-corrected chi connectivity index (χ0v) is 11.7. The monoisotopic (exact) mass is 265 g/mol. The number of hydrogen-bond donors (Lipinski definition) is 2. The minimum Gasteiger partial charge on any atom is -0.494 e. The molecule has 0 radical (unpaired) electrons. The number of unbranched alkanes of at least 4 members (excludes halogenated alkanes) is 1. The van der Waals surface area contributed by atoms with Gasteiger partial charge in [-0.1, -0.05) is 31.9 Å². The van der Waals surface area contributed by atoms with Crippen LogP contribution < -0.4 is 10.1 Å². The van der Waals surface area contributed by atoms with Gasteiger partial charge in [0.25, 0.3) is 0 Å². The van der Waals surface area contributed by atoms with E-state index < -0.39 is 12.0 Å². The molecule has 1 atom stereocenters. The van der Waals surface area contributed by atoms with Crippen molar-refractivity contribution in [1.82, 2.24) is 5.32 Å². The quantitative estimate of drug-likeness (QED) is 0.721. The summed E-state index contributed by atoms with van der Waals surface area (Å²) < 4.78 is 5.36. The Labute approximate surface area is 114 Å². The molecule has 0 bridgehead atoms. The van der Waals surface area contributed by atoms with Crippen molar-refractivity contribution < 1.29 is 14.6 Å². The zero-order valence-electron chi connectivity index (χ0n) is 11.7. The van der Waals surface area contributed by atoms with Gasteiger partial charge in [-0.05, 0) is 31.0 Å². The zero-order chi connectivity index (χ0) is 14.1. The Balaban J connectivity index is 2.46. The summed E-state index contributed by atoms with van der Waals surface area (Å²) in [6.45, 7) is 5.22. The van der Waals surface area contributed by atoms with E-state index in [2.05, 4.69) is 12.2 Å². The molecule has 4 nitrogen and oxygen atoms in total. The van der Waals surface area contributed by atoms with Crippen molar-refractivity contribution in [2.75, 3.05) is 6.61 Å². The van der Waals surface area contributed by atoms with Crippen LogP contribution >= 0.6 is 0 Å². The van der Waals surface area contributed by atoms with Crippen LogP contribution in [0.15, 0.2) is 24.3 Å². The number of hydrogen-bond acceptors (Lipinski definition) is 3. The molecule has 2 N–H and O–H groups in total. The lowest BCUT2D eigenvalue weighted by Gasteiger charge is -2.14. The molecule has 19 heavy (non-hydrogen) atoms. The van der Waals surface area contributed by atoms with Gasteiger partial charge in [0.05, 0.1) is 6.61 Å². The summed E-state index contributed by atoms with van der Waals surface area (Å²) in [5.74, 6) is 0.0615. The minimum atomic E-state index is -0.778. The molecular formula is C15H23NO3. The maximum absolute atomic E-state index is 11.1. The summed E-state index contributed by atoms with van der Waals surface area (Å²) in [6, 6.07) is 7.25. The maximum Gasteiger partial charge on any atom is 0.320 e. The average Bonchev–Trinajstić information content (AvgIpc) is 2.40. The van der Waals surface area contributed by atoms with E-state index >= 15 is 0 Å². The molecule has 0 aliphatic heterocycles. The first kappa shape index (κ1) is 15.5. The number of nitrogens with one attached hydrogen (secondary N) is 1. The van der Waals surface area contributed by atoms with Crippen LogP contribution in [0.4, 0.5) is 0 Å². The number of carboxylic acids is 1. The van der Waals surface area contributed by atoms with Crippen LogP contribution in [0.5, 0.6) is 5.75 Å². The Bertz CT molecular complexity index is 375. The normalized spacial score (nSPS) is 12.1. The van der Waals surface area contributed by atoms with Gasteiger partial charge in [-0.2, -0.15) is 0 Å². The highest BCUT2D eigenvalue weighted by Crippen LogP contribution is 2.12. The van der Waals surface area contributed by atoms with Crippen molar-refractivity contribution >= 4 is 5.97 Å². The average molecular weight is 265 g/mol. The predicted molar refractivity (Wildman–Crippen MR) is 75.4 cm³/mol. The second-order valence-corrected chi connectivity index (χ2v) is 4.49. The van der Waals surface area contributed by atoms with E-state index in [4.69, 9.17) is 9.84 Å². The largest absolute Gasteiger partial charge is 0.494 e. The number of ether oxygens (including phenoxy) is 1. The van der Waals surface area contributed by atoms with Crippen molar-refractivity contribution in [3.05, 3.63) is 29.8 Å². The van der Waals surface area contributed by atoms with Crippen LogP contribution in [-0.4, -0.2) is 23.7 Å². The summed E-state index contributed by atoms with van der Waals surface area (Å²) >= 11 is 0. The van der Waals surface area contributed by atoms with Gasteiger partial charge in [-0.15, -0.1) is 0 Å². The van der Waals surface area contributed by atoms with E-state index in [0.29, 0.717) is 19.6 Å². The van der Waals surface area contributed by atoms with Crippen molar-refractivity contribution in [3.8, 4) is 5.75 Å². The van der Waals surface area contributed by atoms with Crippen LogP contribution in [-0.2, 0) is 11.3 Å². The van der Waals surface area contributed by atoms with E-state index in [1.165, 1.54) is 0 Å². The highest BCUT2D eigenvalue weighted by Gasteiger charge is 2.15. The van der Waals surface area contributed by atoms with Gasteiger partial charge < -0.3 is 15.2 Å². The molecule has 4 heteroatoms. The number of aliphatic carboxylic acids is 1. The highest BCUT2D eigenvalue weighted by molar-refractivity contribution is 5.73. The van der Waals surface area contributed by atoms with Crippen molar-refractivity contribution in [2.45, 2.75) is 45.7 Å². The van der Waals surface area contributed by atoms with Crippen LogP contribution in [0.2, 0.25) is 0 Å². The molecule has 0 aliphatic rings. The highest BCUT2D eigenvalue weighted by atomic mass is 16.5. The molecular weight excluding hydrogens is 242 g/mol. The van der Waals surface area contributed by atoms with Crippen LogP contribution in [0, 0.1) is 0 Å². The third kappa shape index (κ3) is 5.75. The van der Waals surface area contributed by atoms with Gasteiger partial charge in [0.15, 0.2) is 0 Å². The topological polar surface area (TPSA) is 58.6 Å². The molecule has 0 fully saturated rings. The van der Waals surface area contributed by atoms with Gasteiger partial charge in [0.1, 0.15) is 11.8 Å². The summed E-state index contributed by atoms with van der Waals surface area (Å²) in [5.41, 5.74) is 1.06.